The van der Waals surface area contributed by atoms with E-state index in [-0.39, 0.29) is 29.3 Å². The molecule has 1 heterocycles. The first-order chi connectivity index (χ1) is 12.2. The maximum atomic E-state index is 13.0. The van der Waals surface area contributed by atoms with Gasteiger partial charge in [0, 0.05) is 18.4 Å². The standard InChI is InChI=1S/C21H25NO4/c1-5-25-20(24)18-16(13-9-7-6-8-12(13)2)17-14(23)10-21(3,4)11-15(17)26-19(18)22/h6-9,16H,5,10-11,22H2,1-4H3/t16-/m0/s1. The Labute approximate surface area is 153 Å². The molecule has 138 valence electrons. The fraction of sp³-hybridized carbons (Fsp3) is 0.429. The maximum absolute atomic E-state index is 13.0. The second-order valence-electron chi connectivity index (χ2n) is 7.67. The molecule has 2 N–H and O–H groups in total. The number of carbonyl (C=O) groups is 2. The minimum atomic E-state index is -0.553. The zero-order valence-corrected chi connectivity index (χ0v) is 15.7. The molecule has 0 saturated heterocycles. The van der Waals surface area contributed by atoms with Gasteiger partial charge in [-0.2, -0.15) is 0 Å². The van der Waals surface area contributed by atoms with E-state index in [0.29, 0.717) is 24.2 Å². The van der Waals surface area contributed by atoms with Gasteiger partial charge in [-0.05, 0) is 30.4 Å². The number of hydrogen-bond acceptors (Lipinski definition) is 5. The molecule has 26 heavy (non-hydrogen) atoms. The summed E-state index contributed by atoms with van der Waals surface area (Å²) in [4.78, 5) is 25.7. The highest BCUT2D eigenvalue weighted by molar-refractivity contribution is 6.03. The lowest BCUT2D eigenvalue weighted by Crippen LogP contribution is -2.36. The number of carbonyl (C=O) groups excluding carboxylic acids is 2. The van der Waals surface area contributed by atoms with Crippen LogP contribution in [0.25, 0.3) is 0 Å². The fourth-order valence-electron chi connectivity index (χ4n) is 3.81. The fourth-order valence-corrected chi connectivity index (χ4v) is 3.81. The van der Waals surface area contributed by atoms with Gasteiger partial charge in [0.2, 0.25) is 5.88 Å². The topological polar surface area (TPSA) is 78.6 Å². The third-order valence-corrected chi connectivity index (χ3v) is 4.95. The number of esters is 1. The third kappa shape index (κ3) is 3.14. The molecule has 0 amide bonds. The van der Waals surface area contributed by atoms with Crippen LogP contribution in [0.2, 0.25) is 0 Å². The molecule has 3 rings (SSSR count). The third-order valence-electron chi connectivity index (χ3n) is 4.95. The van der Waals surface area contributed by atoms with Crippen LogP contribution < -0.4 is 5.73 Å². The highest BCUT2D eigenvalue weighted by Gasteiger charge is 2.45. The minimum Gasteiger partial charge on any atom is -0.462 e. The lowest BCUT2D eigenvalue weighted by Gasteiger charge is -2.38. The SMILES string of the molecule is CCOC(=O)C1=C(N)OC2=C(C(=O)CC(C)(C)C2)[C@@H]1c1ccccc1C. The van der Waals surface area contributed by atoms with E-state index < -0.39 is 11.9 Å². The molecule has 1 aliphatic heterocycles. The Balaban J connectivity index is 2.21. The molecule has 1 aromatic rings. The normalized spacial score (nSPS) is 22.0. The van der Waals surface area contributed by atoms with E-state index in [2.05, 4.69) is 0 Å². The molecule has 0 bridgehead atoms. The van der Waals surface area contributed by atoms with Gasteiger partial charge in [-0.3, -0.25) is 4.79 Å². The van der Waals surface area contributed by atoms with Crippen molar-refractivity contribution in [1.29, 1.82) is 0 Å². The van der Waals surface area contributed by atoms with Gasteiger partial charge in [-0.15, -0.1) is 0 Å². The van der Waals surface area contributed by atoms with Gasteiger partial charge in [-0.25, -0.2) is 4.79 Å². The molecule has 0 spiro atoms. The number of ketones is 1. The van der Waals surface area contributed by atoms with Crippen LogP contribution in [0.1, 0.15) is 50.7 Å². The summed E-state index contributed by atoms with van der Waals surface area (Å²) >= 11 is 0. The number of benzene rings is 1. The predicted octanol–water partition coefficient (Wildman–Crippen LogP) is 3.49. The average Bonchev–Trinajstić information content (AvgIpc) is 2.53. The predicted molar refractivity (Wildman–Crippen MR) is 97.9 cm³/mol. The first kappa shape index (κ1) is 18.2. The van der Waals surface area contributed by atoms with Crippen molar-refractivity contribution in [2.75, 3.05) is 6.61 Å². The molecule has 0 unspecified atom stereocenters. The van der Waals surface area contributed by atoms with E-state index in [0.717, 1.165) is 11.1 Å². The number of aryl methyl sites for hydroxylation is 1. The number of ether oxygens (including phenoxy) is 2. The Morgan fingerprint density at radius 2 is 2.00 bits per heavy atom. The quantitative estimate of drug-likeness (QED) is 0.840. The van der Waals surface area contributed by atoms with Crippen molar-refractivity contribution in [1.82, 2.24) is 0 Å². The van der Waals surface area contributed by atoms with Crippen molar-refractivity contribution in [3.05, 3.63) is 58.2 Å². The maximum Gasteiger partial charge on any atom is 0.340 e. The average molecular weight is 355 g/mol. The van der Waals surface area contributed by atoms with Gasteiger partial charge in [0.05, 0.1) is 12.5 Å². The van der Waals surface area contributed by atoms with Crippen LogP contribution in [0.4, 0.5) is 0 Å². The molecule has 2 aliphatic rings. The molecule has 5 heteroatoms. The molecular formula is C21H25NO4. The van der Waals surface area contributed by atoms with Crippen LogP contribution in [0.15, 0.2) is 47.1 Å². The van der Waals surface area contributed by atoms with Crippen molar-refractivity contribution >= 4 is 11.8 Å². The molecule has 0 saturated carbocycles. The Kier molecular flexibility index (Phi) is 4.65. The van der Waals surface area contributed by atoms with E-state index >= 15 is 0 Å². The Morgan fingerprint density at radius 3 is 2.65 bits per heavy atom. The Morgan fingerprint density at radius 1 is 1.31 bits per heavy atom. The van der Waals surface area contributed by atoms with Crippen LogP contribution >= 0.6 is 0 Å². The van der Waals surface area contributed by atoms with Gasteiger partial charge in [0.25, 0.3) is 0 Å². The van der Waals surface area contributed by atoms with Gasteiger partial charge >= 0.3 is 5.97 Å². The van der Waals surface area contributed by atoms with Crippen LogP contribution in [0.3, 0.4) is 0 Å². The summed E-state index contributed by atoms with van der Waals surface area (Å²) in [7, 11) is 0. The van der Waals surface area contributed by atoms with Crippen LogP contribution in [-0.2, 0) is 19.1 Å². The van der Waals surface area contributed by atoms with Crippen LogP contribution in [0.5, 0.6) is 0 Å². The largest absolute Gasteiger partial charge is 0.462 e. The first-order valence-electron chi connectivity index (χ1n) is 8.91. The number of rotatable bonds is 3. The summed E-state index contributed by atoms with van der Waals surface area (Å²) in [5, 5.41) is 0. The molecule has 0 fully saturated rings. The molecular weight excluding hydrogens is 330 g/mol. The van der Waals surface area contributed by atoms with E-state index in [1.165, 1.54) is 0 Å². The summed E-state index contributed by atoms with van der Waals surface area (Å²) in [5.41, 5.74) is 8.56. The lowest BCUT2D eigenvalue weighted by atomic mass is 9.69. The summed E-state index contributed by atoms with van der Waals surface area (Å²) in [6.45, 7) is 7.98. The number of nitrogens with two attached hydrogens (primary N) is 1. The van der Waals surface area contributed by atoms with E-state index in [9.17, 15) is 9.59 Å². The van der Waals surface area contributed by atoms with Crippen molar-refractivity contribution in [3.8, 4) is 0 Å². The van der Waals surface area contributed by atoms with E-state index in [1.807, 2.05) is 45.0 Å². The van der Waals surface area contributed by atoms with Crippen LogP contribution in [0, 0.1) is 12.3 Å². The molecule has 0 aromatic heterocycles. The number of hydrogen-bond donors (Lipinski definition) is 1. The van der Waals surface area contributed by atoms with E-state index in [4.69, 9.17) is 15.2 Å². The monoisotopic (exact) mass is 355 g/mol. The van der Waals surface area contributed by atoms with Crippen molar-refractivity contribution < 1.29 is 19.1 Å². The highest BCUT2D eigenvalue weighted by atomic mass is 16.5. The van der Waals surface area contributed by atoms with Crippen molar-refractivity contribution in [3.63, 3.8) is 0 Å². The van der Waals surface area contributed by atoms with E-state index in [1.54, 1.807) is 6.92 Å². The van der Waals surface area contributed by atoms with Crippen LogP contribution in [-0.4, -0.2) is 18.4 Å². The zero-order chi connectivity index (χ0) is 19.1. The molecule has 5 nitrogen and oxygen atoms in total. The van der Waals surface area contributed by atoms with Gasteiger partial charge in [0.1, 0.15) is 11.3 Å². The highest BCUT2D eigenvalue weighted by Crippen LogP contribution is 2.48. The van der Waals surface area contributed by atoms with Gasteiger partial charge in [0.15, 0.2) is 5.78 Å². The summed E-state index contributed by atoms with van der Waals surface area (Å²) in [6, 6.07) is 7.71. The van der Waals surface area contributed by atoms with Crippen molar-refractivity contribution in [2.45, 2.75) is 46.5 Å². The number of allylic oxidation sites excluding steroid dienone is 2. The molecule has 1 atom stereocenters. The molecule has 1 aliphatic carbocycles. The summed E-state index contributed by atoms with van der Waals surface area (Å²) < 4.78 is 11.0. The lowest BCUT2D eigenvalue weighted by molar-refractivity contribution is -0.139. The summed E-state index contributed by atoms with van der Waals surface area (Å²) in [5.74, 6) is -0.491. The molecule has 0 radical (unpaired) electrons. The first-order valence-corrected chi connectivity index (χ1v) is 8.91. The smallest absolute Gasteiger partial charge is 0.340 e. The minimum absolute atomic E-state index is 0.00111. The summed E-state index contributed by atoms with van der Waals surface area (Å²) in [6.07, 6.45) is 1.01. The second kappa shape index (κ2) is 6.63. The second-order valence-corrected chi connectivity index (χ2v) is 7.67. The van der Waals surface area contributed by atoms with Gasteiger partial charge in [-0.1, -0.05) is 38.1 Å². The van der Waals surface area contributed by atoms with Gasteiger partial charge < -0.3 is 15.2 Å². The Hall–Kier alpha value is -2.56. The zero-order valence-electron chi connectivity index (χ0n) is 15.7. The Bertz CT molecular complexity index is 832. The van der Waals surface area contributed by atoms with Crippen molar-refractivity contribution in [2.24, 2.45) is 11.1 Å². The number of Topliss-reactive ketones (excluding diaryl/α,β-unsaturated/α-hetero) is 1. The molecule has 1 aromatic carbocycles.